The number of halogens is 2. The average Bonchev–Trinajstić information content (AvgIpc) is 4.25. The Kier molecular flexibility index (Phi) is 12.1. The molecule has 4 saturated carbocycles. The van der Waals surface area contributed by atoms with Crippen molar-refractivity contribution >= 4 is 99.9 Å². The molecule has 19 heteroatoms. The van der Waals surface area contributed by atoms with Crippen LogP contribution >= 0.6 is 45.2 Å². The number of sulfonamides is 1. The van der Waals surface area contributed by atoms with Gasteiger partial charge in [0, 0.05) is 41.7 Å². The Labute approximate surface area is 426 Å². The Morgan fingerprint density at radius 1 is 0.551 bits per heavy atom. The normalized spacial score (nSPS) is 16.3. The van der Waals surface area contributed by atoms with Gasteiger partial charge in [-0.15, -0.1) is 0 Å². The maximum absolute atomic E-state index is 12.1. The molecule has 0 atom stereocenters. The Morgan fingerprint density at radius 2 is 0.986 bits per heavy atom. The molecule has 4 aliphatic rings. The number of benzene rings is 3. The minimum Gasteiger partial charge on any atom is -0.380 e. The van der Waals surface area contributed by atoms with E-state index in [0.29, 0.717) is 30.7 Å². The molecule has 0 spiro atoms. The average molecular weight is 1170 g/mol. The number of aryl methyl sites for hydroxylation is 6. The summed E-state index contributed by atoms with van der Waals surface area (Å²) in [5.74, 6) is 6.26. The van der Waals surface area contributed by atoms with E-state index in [9.17, 15) is 8.42 Å². The second-order valence-corrected chi connectivity index (χ2v) is 23.4. The summed E-state index contributed by atoms with van der Waals surface area (Å²) in [4.78, 5) is 24.1. The minimum absolute atomic E-state index is 0.255. The van der Waals surface area contributed by atoms with E-state index in [1.54, 1.807) is 0 Å². The third-order valence-electron chi connectivity index (χ3n) is 13.5. The van der Waals surface area contributed by atoms with E-state index in [4.69, 9.17) is 23.5 Å². The fraction of sp³-hybridized carbons (Fsp3) is 0.400. The largest absolute Gasteiger partial charge is 0.380 e. The standard InChI is InChI=1S/C20H24N4O.C15H15IN4O3S.C15H14IN3O/c1-11-18(12(2)25-24-11)14-9-16(21-15-5-3-4-6-15)19-17(10-14)22-20(23-19)13-7-8-13;1-7-13(8(2)23-19-7)9-5-11(16)14-12(6-9)17-15(18-14)20-24(21,22)10-3-4-10;1-7-13(8(2)20-19-7)10-5-11(16)14-12(6-10)17-15(18-14)9-3-4-9/h9-10,13,15,21H,3-8H2,1-2H3,(H,22,23);5-6,10H,3-4H2,1-2H3,(H2,17,18,20);5-6,9H,3-4H2,1-2H3,(H,17,18). The number of rotatable bonds is 10. The molecule has 0 bridgehead atoms. The van der Waals surface area contributed by atoms with Gasteiger partial charge in [0.25, 0.3) is 0 Å². The van der Waals surface area contributed by atoms with Gasteiger partial charge in [-0.25, -0.2) is 23.4 Å². The first-order valence-electron chi connectivity index (χ1n) is 23.7. The monoisotopic (exact) mass is 1170 g/mol. The van der Waals surface area contributed by atoms with Crippen molar-refractivity contribution in [3.63, 3.8) is 0 Å². The first-order chi connectivity index (χ1) is 33.2. The molecule has 3 aromatic carbocycles. The second-order valence-electron chi connectivity index (χ2n) is 19.1. The lowest BCUT2D eigenvalue weighted by molar-refractivity contribution is 0.393. The zero-order valence-corrected chi connectivity index (χ0v) is 44.4. The van der Waals surface area contributed by atoms with Crippen molar-refractivity contribution in [3.8, 4) is 33.4 Å². The van der Waals surface area contributed by atoms with E-state index >= 15 is 0 Å². The number of fused-ring (bicyclic) bond motifs is 3. The number of nitrogens with one attached hydrogen (secondary N) is 5. The Hall–Kier alpha value is -5.29. The molecule has 6 heterocycles. The molecule has 9 aromatic rings. The van der Waals surface area contributed by atoms with Gasteiger partial charge < -0.3 is 33.8 Å². The molecule has 4 aliphatic carbocycles. The number of hydrogen-bond acceptors (Lipinski definition) is 12. The van der Waals surface area contributed by atoms with Gasteiger partial charge in [-0.3, -0.25) is 4.72 Å². The maximum atomic E-state index is 12.1. The highest BCUT2D eigenvalue weighted by atomic mass is 127. The van der Waals surface area contributed by atoms with Gasteiger partial charge >= 0.3 is 0 Å². The topological polar surface area (TPSA) is 222 Å². The molecule has 6 aromatic heterocycles. The van der Waals surface area contributed by atoms with Crippen molar-refractivity contribution in [2.45, 2.75) is 129 Å². The summed E-state index contributed by atoms with van der Waals surface area (Å²) in [6, 6.07) is 13.2. The first kappa shape index (κ1) is 46.1. The lowest BCUT2D eigenvalue weighted by atomic mass is 10.0. The molecule has 4 fully saturated rings. The van der Waals surface area contributed by atoms with Crippen LogP contribution in [0.1, 0.15) is 122 Å². The van der Waals surface area contributed by atoms with Gasteiger partial charge in [-0.05, 0) is 191 Å². The van der Waals surface area contributed by atoms with Crippen molar-refractivity contribution in [1.29, 1.82) is 0 Å². The van der Waals surface area contributed by atoms with Crippen molar-refractivity contribution in [2.75, 3.05) is 10.0 Å². The molecule has 5 N–H and O–H groups in total. The summed E-state index contributed by atoms with van der Waals surface area (Å²) in [6.45, 7) is 11.7. The highest BCUT2D eigenvalue weighted by Crippen LogP contribution is 2.43. The van der Waals surface area contributed by atoms with Gasteiger partial charge in [0.05, 0.1) is 44.6 Å². The molecule has 0 aliphatic heterocycles. The third kappa shape index (κ3) is 9.41. The maximum Gasteiger partial charge on any atom is 0.237 e. The first-order valence-corrected chi connectivity index (χ1v) is 27.4. The summed E-state index contributed by atoms with van der Waals surface area (Å²) in [6.07, 6.45) is 11.6. The van der Waals surface area contributed by atoms with Gasteiger partial charge in [0.1, 0.15) is 45.5 Å². The Balaban J connectivity index is 0.000000114. The number of aromatic nitrogens is 9. The number of H-pyrrole nitrogens is 3. The third-order valence-corrected chi connectivity index (χ3v) is 17.0. The SMILES string of the molecule is Cc1noc(C)c1-c1cc(I)c2nc(C3CC3)[nH]c2c1.Cc1noc(C)c1-c1cc(I)c2nc(NS(=O)(=O)C3CC3)[nH]c2c1.Cc1noc(C)c1-c1cc(NC2CCCC2)c2nc(C3CC3)[nH]c2c1. The van der Waals surface area contributed by atoms with Crippen molar-refractivity contribution in [2.24, 2.45) is 0 Å². The van der Waals surface area contributed by atoms with E-state index in [1.165, 1.54) is 54.9 Å². The molecule has 0 unspecified atom stereocenters. The van der Waals surface area contributed by atoms with Crippen LogP contribution in [0.3, 0.4) is 0 Å². The predicted octanol–water partition coefficient (Wildman–Crippen LogP) is 12.7. The van der Waals surface area contributed by atoms with Crippen LogP contribution in [0.4, 0.5) is 11.6 Å². The molecule has 0 amide bonds. The van der Waals surface area contributed by atoms with Crippen LogP contribution in [0.5, 0.6) is 0 Å². The van der Waals surface area contributed by atoms with Crippen LogP contribution in [0.2, 0.25) is 0 Å². The lowest BCUT2D eigenvalue weighted by Gasteiger charge is -2.15. The Bertz CT molecular complexity index is 3470. The molecule has 69 heavy (non-hydrogen) atoms. The zero-order chi connectivity index (χ0) is 47.9. The van der Waals surface area contributed by atoms with Gasteiger partial charge in [-0.2, -0.15) is 0 Å². The van der Waals surface area contributed by atoms with E-state index in [-0.39, 0.29) is 11.2 Å². The number of imidazole rings is 3. The van der Waals surface area contributed by atoms with E-state index in [0.717, 1.165) is 122 Å². The van der Waals surface area contributed by atoms with Crippen LogP contribution < -0.4 is 10.0 Å². The molecular weight excluding hydrogens is 1120 g/mol. The van der Waals surface area contributed by atoms with Gasteiger partial charge in [-0.1, -0.05) is 28.3 Å². The molecule has 0 radical (unpaired) electrons. The summed E-state index contributed by atoms with van der Waals surface area (Å²) >= 11 is 4.55. The van der Waals surface area contributed by atoms with Crippen LogP contribution in [0.15, 0.2) is 50.0 Å². The highest BCUT2D eigenvalue weighted by Gasteiger charge is 2.36. The van der Waals surface area contributed by atoms with Crippen LogP contribution in [0, 0.1) is 48.7 Å². The molecule has 0 saturated heterocycles. The predicted molar refractivity (Wildman–Crippen MR) is 284 cm³/mol. The van der Waals surface area contributed by atoms with Crippen molar-refractivity contribution in [3.05, 3.63) is 89.5 Å². The Morgan fingerprint density at radius 3 is 1.43 bits per heavy atom. The molecule has 16 nitrogen and oxygen atoms in total. The van der Waals surface area contributed by atoms with E-state index in [2.05, 4.69) is 115 Å². The summed E-state index contributed by atoms with van der Waals surface area (Å²) in [5.41, 5.74) is 16.1. The second kappa shape index (κ2) is 18.1. The fourth-order valence-electron chi connectivity index (χ4n) is 9.57. The summed E-state index contributed by atoms with van der Waals surface area (Å²) in [5, 5.41) is 15.6. The number of anilines is 2. The number of aromatic amines is 3. The zero-order valence-electron chi connectivity index (χ0n) is 39.2. The van der Waals surface area contributed by atoms with E-state index in [1.807, 2.05) is 53.7 Å². The van der Waals surface area contributed by atoms with E-state index < -0.39 is 10.0 Å². The smallest absolute Gasteiger partial charge is 0.237 e. The lowest BCUT2D eigenvalue weighted by Crippen LogP contribution is -2.18. The summed E-state index contributed by atoms with van der Waals surface area (Å²) in [7, 11) is -3.34. The van der Waals surface area contributed by atoms with Crippen LogP contribution in [0.25, 0.3) is 66.5 Å². The number of hydrogen-bond donors (Lipinski definition) is 5. The van der Waals surface area contributed by atoms with Gasteiger partial charge in [0.15, 0.2) is 0 Å². The fourth-order valence-corrected chi connectivity index (χ4v) is 12.4. The number of nitrogens with zero attached hydrogens (tertiary/aromatic N) is 6. The molecule has 13 rings (SSSR count). The van der Waals surface area contributed by atoms with Crippen LogP contribution in [-0.4, -0.2) is 65.1 Å². The van der Waals surface area contributed by atoms with Gasteiger partial charge in [0.2, 0.25) is 16.0 Å². The quantitative estimate of drug-likeness (QED) is 0.0807. The van der Waals surface area contributed by atoms with Crippen molar-refractivity contribution in [1.82, 2.24) is 45.4 Å². The molecule has 358 valence electrons. The summed E-state index contributed by atoms with van der Waals surface area (Å²) < 4.78 is 44.7. The molecular formula is C50H53I2N11O5S. The highest BCUT2D eigenvalue weighted by molar-refractivity contribution is 14.1. The minimum atomic E-state index is -3.34. The van der Waals surface area contributed by atoms with Crippen molar-refractivity contribution < 1.29 is 22.0 Å². The van der Waals surface area contributed by atoms with Crippen LogP contribution in [-0.2, 0) is 10.0 Å².